The van der Waals surface area contributed by atoms with Crippen molar-refractivity contribution in [2.75, 3.05) is 72.6 Å². The predicted octanol–water partition coefficient (Wildman–Crippen LogP) is -1.04. The molecule has 0 spiro atoms. The van der Waals surface area contributed by atoms with Crippen LogP contribution in [0, 0.1) is 0 Å². The monoisotopic (exact) mass is 381 g/mol. The minimum absolute atomic E-state index is 0.0672. The molecule has 8 nitrogen and oxygen atoms in total. The summed E-state index contributed by atoms with van der Waals surface area (Å²) in [4.78, 5) is 21.8. The Morgan fingerprint density at radius 2 is 1.77 bits per heavy atom. The number of hydrogen-bond acceptors (Lipinski definition) is 5. The highest BCUT2D eigenvalue weighted by atomic mass is 19.4. The van der Waals surface area contributed by atoms with Gasteiger partial charge in [-0.2, -0.15) is 13.2 Å². The molecule has 1 unspecified atom stereocenters. The van der Waals surface area contributed by atoms with Crippen molar-refractivity contribution in [2.24, 2.45) is 4.99 Å². The van der Waals surface area contributed by atoms with Gasteiger partial charge in [0.15, 0.2) is 12.1 Å². The molecule has 0 aromatic rings. The summed E-state index contributed by atoms with van der Waals surface area (Å²) in [7, 11) is 1.48. The topological polar surface area (TPSA) is 80.6 Å². The van der Waals surface area contributed by atoms with Crippen molar-refractivity contribution in [3.8, 4) is 0 Å². The van der Waals surface area contributed by atoms with Crippen LogP contribution in [0.2, 0.25) is 0 Å². The van der Waals surface area contributed by atoms with Gasteiger partial charge in [0.2, 0.25) is 5.91 Å². The standard InChI is InChI=1S/C15H26F3N5O3/c1-19-14(20-10-12(24)15(16,17)18)23-4-2-21(3-5-23)11-13(25)22-6-8-26-9-7-22/h12,24H,2-11H2,1H3,(H,19,20). The third kappa shape index (κ3) is 5.99. The molecular weight excluding hydrogens is 355 g/mol. The zero-order valence-corrected chi connectivity index (χ0v) is 14.8. The summed E-state index contributed by atoms with van der Waals surface area (Å²) in [6.07, 6.45) is -7.10. The number of amides is 1. The molecule has 0 saturated carbocycles. The summed E-state index contributed by atoms with van der Waals surface area (Å²) < 4.78 is 42.4. The average molecular weight is 381 g/mol. The summed E-state index contributed by atoms with van der Waals surface area (Å²) in [5.41, 5.74) is 0. The highest BCUT2D eigenvalue weighted by molar-refractivity contribution is 5.80. The van der Waals surface area contributed by atoms with Crippen LogP contribution in [-0.2, 0) is 9.53 Å². The molecule has 150 valence electrons. The fourth-order valence-electron chi connectivity index (χ4n) is 2.86. The van der Waals surface area contributed by atoms with Crippen LogP contribution < -0.4 is 5.32 Å². The first-order valence-corrected chi connectivity index (χ1v) is 8.59. The lowest BCUT2D eigenvalue weighted by Crippen LogP contribution is -2.55. The second-order valence-corrected chi connectivity index (χ2v) is 6.24. The molecule has 11 heteroatoms. The fraction of sp³-hybridized carbons (Fsp3) is 0.867. The number of morpholine rings is 1. The Labute approximate surface area is 150 Å². The number of halogens is 3. The maximum Gasteiger partial charge on any atom is 0.416 e. The summed E-state index contributed by atoms with van der Waals surface area (Å²) in [5.74, 6) is 0.380. The second-order valence-electron chi connectivity index (χ2n) is 6.24. The van der Waals surface area contributed by atoms with Gasteiger partial charge in [-0.25, -0.2) is 0 Å². The molecule has 0 radical (unpaired) electrons. The molecule has 2 aliphatic heterocycles. The second kappa shape index (κ2) is 9.38. The van der Waals surface area contributed by atoms with E-state index < -0.39 is 18.8 Å². The summed E-state index contributed by atoms with van der Waals surface area (Å²) in [6.45, 7) is 4.32. The van der Waals surface area contributed by atoms with E-state index in [0.717, 1.165) is 0 Å². The molecule has 2 fully saturated rings. The highest BCUT2D eigenvalue weighted by Crippen LogP contribution is 2.19. The fourth-order valence-corrected chi connectivity index (χ4v) is 2.86. The summed E-state index contributed by atoms with van der Waals surface area (Å²) >= 11 is 0. The molecule has 2 heterocycles. The Kier molecular flexibility index (Phi) is 7.47. The highest BCUT2D eigenvalue weighted by Gasteiger charge is 2.38. The SMILES string of the molecule is CN=C(NCC(O)C(F)(F)F)N1CCN(CC(=O)N2CCOCC2)CC1. The van der Waals surface area contributed by atoms with Gasteiger partial charge >= 0.3 is 6.18 Å². The van der Waals surface area contributed by atoms with Crippen molar-refractivity contribution in [1.82, 2.24) is 20.0 Å². The zero-order valence-electron chi connectivity index (χ0n) is 14.8. The molecule has 2 saturated heterocycles. The van der Waals surface area contributed by atoms with Gasteiger partial charge in [0.1, 0.15) is 0 Å². The molecule has 0 aliphatic carbocycles. The van der Waals surface area contributed by atoms with Gasteiger partial charge in [0.25, 0.3) is 0 Å². The van der Waals surface area contributed by atoms with Crippen molar-refractivity contribution in [2.45, 2.75) is 12.3 Å². The number of carbonyl (C=O) groups excluding carboxylic acids is 1. The van der Waals surface area contributed by atoms with Crippen LogP contribution in [0.3, 0.4) is 0 Å². The molecule has 1 amide bonds. The number of aliphatic hydroxyl groups is 1. The maximum atomic E-state index is 12.4. The lowest BCUT2D eigenvalue weighted by atomic mass is 10.3. The largest absolute Gasteiger partial charge is 0.416 e. The molecule has 2 rings (SSSR count). The Hall–Kier alpha value is -1.59. The third-order valence-corrected chi connectivity index (χ3v) is 4.44. The van der Waals surface area contributed by atoms with E-state index in [9.17, 15) is 18.0 Å². The zero-order chi connectivity index (χ0) is 19.2. The molecule has 0 aromatic carbocycles. The molecule has 0 aromatic heterocycles. The van der Waals surface area contributed by atoms with E-state index in [0.29, 0.717) is 65.0 Å². The molecular formula is C15H26F3N5O3. The Morgan fingerprint density at radius 3 is 2.31 bits per heavy atom. The number of nitrogens with one attached hydrogen (secondary N) is 1. The van der Waals surface area contributed by atoms with Crippen LogP contribution in [0.4, 0.5) is 13.2 Å². The number of ether oxygens (including phenoxy) is 1. The van der Waals surface area contributed by atoms with Crippen molar-refractivity contribution in [3.63, 3.8) is 0 Å². The number of aliphatic imine (C=N–C) groups is 1. The lowest BCUT2D eigenvalue weighted by molar-refractivity contribution is -0.201. The molecule has 26 heavy (non-hydrogen) atoms. The number of aliphatic hydroxyl groups excluding tert-OH is 1. The van der Waals surface area contributed by atoms with Crippen molar-refractivity contribution in [1.29, 1.82) is 0 Å². The lowest BCUT2D eigenvalue weighted by Gasteiger charge is -2.37. The number of nitrogens with zero attached hydrogens (tertiary/aromatic N) is 4. The van der Waals surface area contributed by atoms with E-state index in [-0.39, 0.29) is 5.91 Å². The van der Waals surface area contributed by atoms with Gasteiger partial charge in [-0.05, 0) is 0 Å². The first kappa shape index (κ1) is 20.7. The Balaban J connectivity index is 1.74. The number of guanidine groups is 1. The van der Waals surface area contributed by atoms with Crippen LogP contribution in [0.25, 0.3) is 0 Å². The van der Waals surface area contributed by atoms with Gasteiger partial charge in [0, 0.05) is 46.3 Å². The first-order valence-electron chi connectivity index (χ1n) is 8.59. The normalized spacial score (nSPS) is 21.7. The molecule has 1 atom stereocenters. The quantitative estimate of drug-likeness (QED) is 0.479. The molecule has 0 bridgehead atoms. The van der Waals surface area contributed by atoms with Crippen LogP contribution in [0.1, 0.15) is 0 Å². The summed E-state index contributed by atoms with van der Waals surface area (Å²) in [5, 5.41) is 11.6. The Morgan fingerprint density at radius 1 is 1.15 bits per heavy atom. The van der Waals surface area contributed by atoms with Crippen molar-refractivity contribution in [3.05, 3.63) is 0 Å². The minimum Gasteiger partial charge on any atom is -0.382 e. The van der Waals surface area contributed by atoms with E-state index in [1.165, 1.54) is 7.05 Å². The van der Waals surface area contributed by atoms with Crippen LogP contribution in [0.15, 0.2) is 4.99 Å². The first-order chi connectivity index (χ1) is 12.3. The van der Waals surface area contributed by atoms with E-state index in [1.54, 1.807) is 4.90 Å². The molecule has 2 N–H and O–H groups in total. The van der Waals surface area contributed by atoms with Gasteiger partial charge in [0.05, 0.1) is 26.3 Å². The van der Waals surface area contributed by atoms with Crippen LogP contribution in [0.5, 0.6) is 0 Å². The van der Waals surface area contributed by atoms with Gasteiger partial charge in [-0.3, -0.25) is 14.7 Å². The number of rotatable bonds is 4. The number of piperazine rings is 1. The maximum absolute atomic E-state index is 12.4. The van der Waals surface area contributed by atoms with Crippen molar-refractivity contribution >= 4 is 11.9 Å². The van der Waals surface area contributed by atoms with E-state index in [4.69, 9.17) is 9.84 Å². The van der Waals surface area contributed by atoms with Crippen LogP contribution in [-0.4, -0.2) is 117 Å². The van der Waals surface area contributed by atoms with E-state index >= 15 is 0 Å². The molecule has 2 aliphatic rings. The van der Waals surface area contributed by atoms with E-state index in [2.05, 4.69) is 10.3 Å². The summed E-state index contributed by atoms with van der Waals surface area (Å²) in [6, 6.07) is 0. The number of alkyl halides is 3. The number of hydrogen-bond donors (Lipinski definition) is 2. The number of carbonyl (C=O) groups is 1. The predicted molar refractivity (Wildman–Crippen MR) is 88.8 cm³/mol. The van der Waals surface area contributed by atoms with Crippen LogP contribution >= 0.6 is 0 Å². The van der Waals surface area contributed by atoms with Gasteiger partial charge in [-0.1, -0.05) is 0 Å². The van der Waals surface area contributed by atoms with Gasteiger partial charge in [-0.15, -0.1) is 0 Å². The third-order valence-electron chi connectivity index (χ3n) is 4.44. The minimum atomic E-state index is -4.66. The van der Waals surface area contributed by atoms with E-state index in [1.807, 2.05) is 9.80 Å². The Bertz CT molecular complexity index is 489. The van der Waals surface area contributed by atoms with Crippen molar-refractivity contribution < 1.29 is 27.8 Å². The average Bonchev–Trinajstić information content (AvgIpc) is 2.63. The van der Waals surface area contributed by atoms with Gasteiger partial charge < -0.3 is 25.0 Å². The smallest absolute Gasteiger partial charge is 0.382 e.